The number of rotatable bonds is 5. The van der Waals surface area contributed by atoms with Crippen LogP contribution in [0.25, 0.3) is 11.1 Å². The summed E-state index contributed by atoms with van der Waals surface area (Å²) in [4.78, 5) is 32.9. The first kappa shape index (κ1) is 21.3. The Hall–Kier alpha value is -2.90. The van der Waals surface area contributed by atoms with E-state index in [0.717, 1.165) is 28.9 Å². The van der Waals surface area contributed by atoms with E-state index in [1.165, 1.54) is 18.7 Å². The van der Waals surface area contributed by atoms with Crippen molar-refractivity contribution in [2.45, 2.75) is 17.7 Å². The van der Waals surface area contributed by atoms with Crippen molar-refractivity contribution in [2.75, 3.05) is 12.3 Å². The normalized spacial score (nSPS) is 18.7. The van der Waals surface area contributed by atoms with Crippen molar-refractivity contribution in [1.29, 1.82) is 0 Å². The molecule has 0 radical (unpaired) electrons. The van der Waals surface area contributed by atoms with E-state index >= 15 is 0 Å². The van der Waals surface area contributed by atoms with Gasteiger partial charge in [0.25, 0.3) is 5.91 Å². The molecule has 0 spiro atoms. The summed E-state index contributed by atoms with van der Waals surface area (Å²) in [6.07, 6.45) is 5.08. The predicted octanol–water partition coefficient (Wildman–Crippen LogP) is 3.89. The number of carbonyl (C=O) groups is 2. The van der Waals surface area contributed by atoms with Crippen LogP contribution in [0.1, 0.15) is 27.6 Å². The molecule has 1 aliphatic rings. The zero-order valence-corrected chi connectivity index (χ0v) is 18.2. The van der Waals surface area contributed by atoms with Crippen molar-refractivity contribution in [1.82, 2.24) is 20.6 Å². The van der Waals surface area contributed by atoms with Crippen LogP contribution in [-0.4, -0.2) is 40.1 Å². The van der Waals surface area contributed by atoms with Crippen molar-refractivity contribution >= 4 is 35.2 Å². The Morgan fingerprint density at radius 3 is 2.68 bits per heavy atom. The molecule has 8 heteroatoms. The van der Waals surface area contributed by atoms with Crippen LogP contribution in [0.15, 0.2) is 67.3 Å². The molecule has 6 nitrogen and oxygen atoms in total. The first-order chi connectivity index (χ1) is 15.1. The summed E-state index contributed by atoms with van der Waals surface area (Å²) in [6.45, 7) is 0.359. The highest BCUT2D eigenvalue weighted by Crippen LogP contribution is 2.34. The van der Waals surface area contributed by atoms with Gasteiger partial charge in [-0.2, -0.15) is 0 Å². The number of carbonyl (C=O) groups excluding carboxylic acids is 2. The van der Waals surface area contributed by atoms with Gasteiger partial charge in [-0.1, -0.05) is 41.9 Å². The Morgan fingerprint density at radius 2 is 1.90 bits per heavy atom. The fraction of sp³-hybridized carbons (Fsp3) is 0.217. The molecule has 0 aliphatic carbocycles. The molecule has 2 heterocycles. The van der Waals surface area contributed by atoms with Gasteiger partial charge in [0.05, 0.1) is 5.56 Å². The Balaban J connectivity index is 1.41. The fourth-order valence-corrected chi connectivity index (χ4v) is 4.75. The van der Waals surface area contributed by atoms with E-state index in [9.17, 15) is 9.59 Å². The molecule has 0 bridgehead atoms. The lowest BCUT2D eigenvalue weighted by Gasteiger charge is -2.18. The van der Waals surface area contributed by atoms with Gasteiger partial charge >= 0.3 is 0 Å². The molecule has 2 N–H and O–H groups in total. The van der Waals surface area contributed by atoms with Crippen LogP contribution in [-0.2, 0) is 4.79 Å². The summed E-state index contributed by atoms with van der Waals surface area (Å²) in [7, 11) is 0. The minimum absolute atomic E-state index is 0.0435. The van der Waals surface area contributed by atoms with Gasteiger partial charge < -0.3 is 10.6 Å². The number of aromatic nitrogens is 2. The first-order valence-electron chi connectivity index (χ1n) is 9.91. The number of hydrogen-bond donors (Lipinski definition) is 2. The van der Waals surface area contributed by atoms with Crippen LogP contribution >= 0.6 is 23.4 Å². The summed E-state index contributed by atoms with van der Waals surface area (Å²) in [5.74, 6) is 0.515. The zero-order valence-electron chi connectivity index (χ0n) is 16.6. The van der Waals surface area contributed by atoms with Crippen LogP contribution in [0.2, 0.25) is 5.02 Å². The molecule has 2 aromatic carbocycles. The minimum atomic E-state index is -0.296. The van der Waals surface area contributed by atoms with Crippen LogP contribution < -0.4 is 10.6 Å². The second-order valence-corrected chi connectivity index (χ2v) is 8.86. The van der Waals surface area contributed by atoms with Gasteiger partial charge in [0.1, 0.15) is 11.6 Å². The third kappa shape index (κ3) is 5.42. The summed E-state index contributed by atoms with van der Waals surface area (Å²) in [5.41, 5.74) is 3.45. The topological polar surface area (TPSA) is 84.0 Å². The largest absolute Gasteiger partial charge is 0.350 e. The monoisotopic (exact) mass is 452 g/mol. The number of hydrogen-bond acceptors (Lipinski definition) is 5. The van der Waals surface area contributed by atoms with Crippen molar-refractivity contribution in [3.63, 3.8) is 0 Å². The number of nitrogens with zero attached hydrogens (tertiary/aromatic N) is 2. The lowest BCUT2D eigenvalue weighted by molar-refractivity contribution is -0.121. The van der Waals surface area contributed by atoms with E-state index in [0.29, 0.717) is 17.1 Å². The molecule has 0 unspecified atom stereocenters. The fourth-order valence-electron chi connectivity index (χ4n) is 3.41. The first-order valence-corrected chi connectivity index (χ1v) is 11.3. The van der Waals surface area contributed by atoms with E-state index in [1.807, 2.05) is 42.5 Å². The van der Waals surface area contributed by atoms with Crippen LogP contribution in [0.5, 0.6) is 0 Å². The molecule has 158 valence electrons. The minimum Gasteiger partial charge on any atom is -0.350 e. The smallest absolute Gasteiger partial charge is 0.254 e. The van der Waals surface area contributed by atoms with Gasteiger partial charge in [-0.25, -0.2) is 9.97 Å². The number of benzene rings is 2. The average molecular weight is 453 g/mol. The summed E-state index contributed by atoms with van der Waals surface area (Å²) in [6, 6.07) is 15.6. The molecule has 1 aromatic heterocycles. The van der Waals surface area contributed by atoms with Gasteiger partial charge in [0.2, 0.25) is 5.91 Å². The molecule has 1 fully saturated rings. The Kier molecular flexibility index (Phi) is 6.84. The highest BCUT2D eigenvalue weighted by molar-refractivity contribution is 8.00. The third-order valence-electron chi connectivity index (χ3n) is 5.03. The quantitative estimate of drug-likeness (QED) is 0.613. The molecule has 4 rings (SSSR count). The second-order valence-electron chi connectivity index (χ2n) is 7.21. The molecule has 31 heavy (non-hydrogen) atoms. The average Bonchev–Trinajstić information content (AvgIpc) is 2.99. The molecule has 1 saturated heterocycles. The SMILES string of the molecule is O=C(NC[C@@H]1CCS[C@H](c2cccc(-c3ccc(Cl)cc3)c2)C(=O)N1)c1cncnc1. The molecular weight excluding hydrogens is 432 g/mol. The van der Waals surface area contributed by atoms with E-state index in [4.69, 9.17) is 11.6 Å². The van der Waals surface area contributed by atoms with Crippen molar-refractivity contribution < 1.29 is 9.59 Å². The van der Waals surface area contributed by atoms with E-state index in [-0.39, 0.29) is 23.1 Å². The van der Waals surface area contributed by atoms with Crippen molar-refractivity contribution in [2.24, 2.45) is 0 Å². The maximum Gasteiger partial charge on any atom is 0.254 e. The lowest BCUT2D eigenvalue weighted by Crippen LogP contribution is -2.43. The maximum atomic E-state index is 13.0. The van der Waals surface area contributed by atoms with Gasteiger partial charge in [0.15, 0.2) is 0 Å². The van der Waals surface area contributed by atoms with Crippen molar-refractivity contribution in [3.8, 4) is 11.1 Å². The van der Waals surface area contributed by atoms with Gasteiger partial charge in [-0.3, -0.25) is 9.59 Å². The van der Waals surface area contributed by atoms with E-state index in [2.05, 4.69) is 26.7 Å². The van der Waals surface area contributed by atoms with E-state index < -0.39 is 0 Å². The van der Waals surface area contributed by atoms with Gasteiger partial charge in [-0.15, -0.1) is 11.8 Å². The predicted molar refractivity (Wildman–Crippen MR) is 123 cm³/mol. The zero-order chi connectivity index (χ0) is 21.6. The molecule has 3 aromatic rings. The number of nitrogens with one attached hydrogen (secondary N) is 2. The Morgan fingerprint density at radius 1 is 1.13 bits per heavy atom. The molecule has 2 amide bonds. The lowest BCUT2D eigenvalue weighted by atomic mass is 10.0. The standard InChI is InChI=1S/C23H21ClN4O2S/c24-19-6-4-15(5-7-19)16-2-1-3-17(10-16)21-23(30)28-20(8-9-31-21)13-27-22(29)18-11-25-14-26-12-18/h1-7,10-12,14,20-21H,8-9,13H2,(H,27,29)(H,28,30)/t20-,21+/m0/s1. The summed E-state index contributed by atoms with van der Waals surface area (Å²) in [5, 5.41) is 6.33. The highest BCUT2D eigenvalue weighted by Gasteiger charge is 2.28. The second kappa shape index (κ2) is 9.94. The Bertz CT molecular complexity index is 1060. The molecular formula is C23H21ClN4O2S. The Labute approximate surface area is 189 Å². The van der Waals surface area contributed by atoms with Crippen LogP contribution in [0, 0.1) is 0 Å². The highest BCUT2D eigenvalue weighted by atomic mass is 35.5. The molecule has 0 saturated carbocycles. The number of halogens is 1. The van der Waals surface area contributed by atoms with E-state index in [1.54, 1.807) is 11.8 Å². The number of amides is 2. The molecule has 2 atom stereocenters. The van der Waals surface area contributed by atoms with Gasteiger partial charge in [0, 0.05) is 30.0 Å². The number of thioether (sulfide) groups is 1. The van der Waals surface area contributed by atoms with Crippen LogP contribution in [0.3, 0.4) is 0 Å². The summed E-state index contributed by atoms with van der Waals surface area (Å²) >= 11 is 7.61. The summed E-state index contributed by atoms with van der Waals surface area (Å²) < 4.78 is 0. The maximum absolute atomic E-state index is 13.0. The van der Waals surface area contributed by atoms with Gasteiger partial charge in [-0.05, 0) is 47.1 Å². The molecule has 1 aliphatic heterocycles. The van der Waals surface area contributed by atoms with Crippen molar-refractivity contribution in [3.05, 3.63) is 83.4 Å². The third-order valence-corrected chi connectivity index (χ3v) is 6.58. The van der Waals surface area contributed by atoms with Crippen LogP contribution in [0.4, 0.5) is 0 Å².